The van der Waals surface area contributed by atoms with Crippen molar-refractivity contribution in [2.24, 2.45) is 0 Å². The highest BCUT2D eigenvalue weighted by Crippen LogP contribution is 2.15. The summed E-state index contributed by atoms with van der Waals surface area (Å²) in [6.45, 7) is 0.606. The van der Waals surface area contributed by atoms with Crippen LogP contribution >= 0.6 is 15.9 Å². The molecule has 0 radical (unpaired) electrons. The molecule has 0 atom stereocenters. The first-order chi connectivity index (χ1) is 9.24. The number of anilines is 2. The predicted octanol–water partition coefficient (Wildman–Crippen LogP) is 3.89. The third-order valence-corrected chi connectivity index (χ3v) is 3.06. The Morgan fingerprint density at radius 3 is 2.47 bits per heavy atom. The van der Waals surface area contributed by atoms with Gasteiger partial charge in [-0.2, -0.15) is 0 Å². The summed E-state index contributed by atoms with van der Waals surface area (Å²) in [4.78, 5) is 11.7. The normalized spacial score (nSPS) is 9.95. The van der Waals surface area contributed by atoms with Crippen LogP contribution in [0.25, 0.3) is 0 Å². The summed E-state index contributed by atoms with van der Waals surface area (Å²) in [5.41, 5.74) is 1.83. The number of amides is 1. The van der Waals surface area contributed by atoms with Crippen LogP contribution in [0.4, 0.5) is 11.4 Å². The van der Waals surface area contributed by atoms with E-state index in [4.69, 9.17) is 0 Å². The molecular weight excluding hydrogens is 304 g/mol. The zero-order valence-electron chi connectivity index (χ0n) is 10.4. The first kappa shape index (κ1) is 13.6. The molecule has 2 rings (SSSR count). The van der Waals surface area contributed by atoms with E-state index in [2.05, 4.69) is 26.6 Å². The molecule has 0 bridgehead atoms. The third-order valence-electron chi connectivity index (χ3n) is 2.56. The summed E-state index contributed by atoms with van der Waals surface area (Å²) in [6, 6.07) is 17.3. The van der Waals surface area contributed by atoms with Crippen LogP contribution in [0.5, 0.6) is 0 Å². The van der Waals surface area contributed by atoms with E-state index in [-0.39, 0.29) is 5.91 Å². The quantitative estimate of drug-likeness (QED) is 0.878. The molecule has 0 aromatic heterocycles. The second-order valence-electron chi connectivity index (χ2n) is 4.10. The number of rotatable bonds is 5. The van der Waals surface area contributed by atoms with Gasteiger partial charge in [-0.1, -0.05) is 40.2 Å². The average molecular weight is 319 g/mol. The molecule has 4 heteroatoms. The first-order valence-electron chi connectivity index (χ1n) is 6.08. The molecule has 0 heterocycles. The highest BCUT2D eigenvalue weighted by atomic mass is 79.9. The summed E-state index contributed by atoms with van der Waals surface area (Å²) in [6.07, 6.45) is 0.432. The number of hydrogen-bond donors (Lipinski definition) is 2. The topological polar surface area (TPSA) is 41.1 Å². The van der Waals surface area contributed by atoms with Gasteiger partial charge in [0, 0.05) is 28.8 Å². The number of carbonyl (C=O) groups is 1. The fourth-order valence-electron chi connectivity index (χ4n) is 1.66. The van der Waals surface area contributed by atoms with Gasteiger partial charge in [0.15, 0.2) is 0 Å². The molecule has 0 saturated carbocycles. The molecular formula is C15H15BrN2O. The smallest absolute Gasteiger partial charge is 0.226 e. The molecule has 19 heavy (non-hydrogen) atoms. The first-order valence-corrected chi connectivity index (χ1v) is 6.88. The monoisotopic (exact) mass is 318 g/mol. The molecule has 0 aliphatic carbocycles. The number of halogens is 1. The Labute approximate surface area is 121 Å². The maximum absolute atomic E-state index is 11.7. The maximum atomic E-state index is 11.7. The summed E-state index contributed by atoms with van der Waals surface area (Å²) in [7, 11) is 0. The van der Waals surface area contributed by atoms with Gasteiger partial charge in [-0.15, -0.1) is 0 Å². The Kier molecular flexibility index (Phi) is 4.98. The lowest BCUT2D eigenvalue weighted by molar-refractivity contribution is -0.115. The lowest BCUT2D eigenvalue weighted by atomic mass is 10.3. The minimum atomic E-state index is 0.00805. The second-order valence-corrected chi connectivity index (χ2v) is 5.02. The van der Waals surface area contributed by atoms with Gasteiger partial charge in [-0.05, 0) is 30.3 Å². The Hall–Kier alpha value is -1.81. The van der Waals surface area contributed by atoms with Crippen molar-refractivity contribution in [1.29, 1.82) is 0 Å². The lowest BCUT2D eigenvalue weighted by Crippen LogP contribution is -2.16. The van der Waals surface area contributed by atoms with E-state index in [1.54, 1.807) is 0 Å². The van der Waals surface area contributed by atoms with Gasteiger partial charge >= 0.3 is 0 Å². The van der Waals surface area contributed by atoms with Crippen LogP contribution in [0.1, 0.15) is 6.42 Å². The van der Waals surface area contributed by atoms with E-state index in [9.17, 15) is 4.79 Å². The second kappa shape index (κ2) is 6.95. The Morgan fingerprint density at radius 2 is 1.74 bits per heavy atom. The van der Waals surface area contributed by atoms with Gasteiger partial charge in [-0.25, -0.2) is 0 Å². The molecule has 98 valence electrons. The van der Waals surface area contributed by atoms with Crippen LogP contribution < -0.4 is 10.6 Å². The Bertz CT molecular complexity index is 543. The van der Waals surface area contributed by atoms with Gasteiger partial charge in [0.2, 0.25) is 5.91 Å². The van der Waals surface area contributed by atoms with E-state index in [0.717, 1.165) is 15.8 Å². The largest absolute Gasteiger partial charge is 0.384 e. The molecule has 3 nitrogen and oxygen atoms in total. The number of carbonyl (C=O) groups excluding carboxylic acids is 1. The van der Waals surface area contributed by atoms with Gasteiger partial charge in [-0.3, -0.25) is 4.79 Å². The maximum Gasteiger partial charge on any atom is 0.226 e. The van der Waals surface area contributed by atoms with Gasteiger partial charge in [0.05, 0.1) is 0 Å². The minimum absolute atomic E-state index is 0.00805. The van der Waals surface area contributed by atoms with Crippen molar-refractivity contribution in [1.82, 2.24) is 0 Å². The van der Waals surface area contributed by atoms with Crippen molar-refractivity contribution in [2.75, 3.05) is 17.2 Å². The number of para-hydroxylation sites is 1. The molecule has 0 spiro atoms. The highest BCUT2D eigenvalue weighted by Gasteiger charge is 2.01. The highest BCUT2D eigenvalue weighted by molar-refractivity contribution is 9.10. The summed E-state index contributed by atoms with van der Waals surface area (Å²) in [5.74, 6) is 0.00805. The molecule has 0 saturated heterocycles. The minimum Gasteiger partial charge on any atom is -0.384 e. The summed E-state index contributed by atoms with van der Waals surface area (Å²) in [5, 5.41) is 6.06. The van der Waals surface area contributed by atoms with Crippen molar-refractivity contribution in [3.05, 3.63) is 59.1 Å². The lowest BCUT2D eigenvalue weighted by Gasteiger charge is -2.07. The molecule has 0 unspecified atom stereocenters. The molecule has 0 aliphatic heterocycles. The van der Waals surface area contributed by atoms with E-state index in [0.29, 0.717) is 13.0 Å². The number of hydrogen-bond acceptors (Lipinski definition) is 2. The van der Waals surface area contributed by atoms with E-state index >= 15 is 0 Å². The van der Waals surface area contributed by atoms with Crippen molar-refractivity contribution in [3.8, 4) is 0 Å². The Balaban J connectivity index is 1.75. The summed E-state index contributed by atoms with van der Waals surface area (Å²) < 4.78 is 1.02. The average Bonchev–Trinajstić information content (AvgIpc) is 2.40. The standard InChI is InChI=1S/C15H15BrN2O/c16-12-5-4-8-14(11-12)17-10-9-15(19)18-13-6-2-1-3-7-13/h1-8,11,17H,9-10H2,(H,18,19). The zero-order chi connectivity index (χ0) is 13.5. The SMILES string of the molecule is O=C(CCNc1cccc(Br)c1)Nc1ccccc1. The van der Waals surface area contributed by atoms with Crippen LogP contribution in [-0.2, 0) is 4.79 Å². The number of nitrogens with one attached hydrogen (secondary N) is 2. The van der Waals surface area contributed by atoms with E-state index in [1.807, 2.05) is 54.6 Å². The van der Waals surface area contributed by atoms with Gasteiger partial charge < -0.3 is 10.6 Å². The van der Waals surface area contributed by atoms with Gasteiger partial charge in [0.25, 0.3) is 0 Å². The predicted molar refractivity (Wildman–Crippen MR) is 82.3 cm³/mol. The van der Waals surface area contributed by atoms with E-state index in [1.165, 1.54) is 0 Å². The van der Waals surface area contributed by atoms with Crippen LogP contribution in [0.15, 0.2) is 59.1 Å². The third kappa shape index (κ3) is 4.75. The van der Waals surface area contributed by atoms with Crippen LogP contribution in [0, 0.1) is 0 Å². The molecule has 0 fully saturated rings. The van der Waals surface area contributed by atoms with Crippen molar-refractivity contribution < 1.29 is 4.79 Å². The molecule has 1 amide bonds. The molecule has 2 N–H and O–H groups in total. The Morgan fingerprint density at radius 1 is 1.00 bits per heavy atom. The van der Waals surface area contributed by atoms with Crippen molar-refractivity contribution in [3.63, 3.8) is 0 Å². The fourth-order valence-corrected chi connectivity index (χ4v) is 2.06. The van der Waals surface area contributed by atoms with Crippen LogP contribution in [-0.4, -0.2) is 12.5 Å². The van der Waals surface area contributed by atoms with Crippen molar-refractivity contribution >= 4 is 33.2 Å². The molecule has 2 aromatic rings. The molecule has 2 aromatic carbocycles. The van der Waals surface area contributed by atoms with Crippen LogP contribution in [0.2, 0.25) is 0 Å². The van der Waals surface area contributed by atoms with Crippen molar-refractivity contribution in [2.45, 2.75) is 6.42 Å². The number of benzene rings is 2. The van der Waals surface area contributed by atoms with Gasteiger partial charge in [0.1, 0.15) is 0 Å². The fraction of sp³-hybridized carbons (Fsp3) is 0.133. The molecule has 0 aliphatic rings. The zero-order valence-corrected chi connectivity index (χ0v) is 12.0. The van der Waals surface area contributed by atoms with E-state index < -0.39 is 0 Å². The summed E-state index contributed by atoms with van der Waals surface area (Å²) >= 11 is 3.41. The van der Waals surface area contributed by atoms with Crippen LogP contribution in [0.3, 0.4) is 0 Å².